The summed E-state index contributed by atoms with van der Waals surface area (Å²) in [6.45, 7) is 4.06. The third kappa shape index (κ3) is 8.17. The van der Waals surface area contributed by atoms with Gasteiger partial charge in [0.1, 0.15) is 5.78 Å². The van der Waals surface area contributed by atoms with Gasteiger partial charge in [-0.05, 0) is 36.6 Å². The Bertz CT molecular complexity index is 1160. The lowest BCUT2D eigenvalue weighted by Crippen LogP contribution is -2.32. The molecule has 0 spiro atoms. The molecule has 1 heterocycles. The molecule has 1 unspecified atom stereocenters. The van der Waals surface area contributed by atoms with Gasteiger partial charge in [0.15, 0.2) is 0 Å². The summed E-state index contributed by atoms with van der Waals surface area (Å²) >= 11 is 0. The van der Waals surface area contributed by atoms with Gasteiger partial charge in [0.05, 0.1) is 24.5 Å². The zero-order valence-electron chi connectivity index (χ0n) is 21.2. The number of anilines is 1. The number of nitrogens with zero attached hydrogens (tertiary/aromatic N) is 1. The second kappa shape index (κ2) is 13.6. The van der Waals surface area contributed by atoms with Crippen molar-refractivity contribution >= 4 is 25.0 Å². The molecular weight excluding hydrogens is 473 g/mol. The van der Waals surface area contributed by atoms with Crippen LogP contribution in [0.3, 0.4) is 0 Å². The summed E-state index contributed by atoms with van der Waals surface area (Å²) in [5.41, 5.74) is 3.11. The average Bonchev–Trinajstić information content (AvgIpc) is 2.85. The molecule has 1 aliphatic heterocycles. The van der Waals surface area contributed by atoms with Crippen molar-refractivity contribution < 1.29 is 23.6 Å². The highest BCUT2D eigenvalue weighted by molar-refractivity contribution is 7.53. The Morgan fingerprint density at radius 2 is 1.56 bits per heavy atom. The van der Waals surface area contributed by atoms with Crippen LogP contribution in [0.15, 0.2) is 48.5 Å². The molecule has 1 N–H and O–H groups in total. The van der Waals surface area contributed by atoms with Crippen molar-refractivity contribution in [3.63, 3.8) is 0 Å². The van der Waals surface area contributed by atoms with E-state index in [1.54, 1.807) is 18.7 Å². The molecule has 0 saturated heterocycles. The summed E-state index contributed by atoms with van der Waals surface area (Å²) in [4.78, 5) is 37.0. The number of hydrogen-bond acceptors (Lipinski definition) is 4. The van der Waals surface area contributed by atoms with Crippen LogP contribution in [0.1, 0.15) is 81.9 Å². The number of carbonyl (C=O) groups is 2. The molecule has 0 fully saturated rings. The first kappa shape index (κ1) is 27.9. The van der Waals surface area contributed by atoms with Crippen LogP contribution in [0.4, 0.5) is 5.69 Å². The van der Waals surface area contributed by atoms with E-state index in [1.807, 2.05) is 48.5 Å². The van der Waals surface area contributed by atoms with Gasteiger partial charge in [0.2, 0.25) is 5.91 Å². The summed E-state index contributed by atoms with van der Waals surface area (Å²) in [6.07, 6.45) is 5.14. The van der Waals surface area contributed by atoms with Gasteiger partial charge in [0, 0.05) is 30.4 Å². The Balaban J connectivity index is 1.42. The van der Waals surface area contributed by atoms with Crippen LogP contribution in [0.2, 0.25) is 0 Å². The Morgan fingerprint density at radius 3 is 2.33 bits per heavy atom. The van der Waals surface area contributed by atoms with Gasteiger partial charge in [-0.25, -0.2) is 0 Å². The van der Waals surface area contributed by atoms with Crippen molar-refractivity contribution in [2.24, 2.45) is 0 Å². The maximum atomic E-state index is 13.2. The highest BCUT2D eigenvalue weighted by Crippen LogP contribution is 2.47. The number of rotatable bonds is 13. The average molecular weight is 510 g/mol. The van der Waals surface area contributed by atoms with Gasteiger partial charge in [-0.1, -0.05) is 75.3 Å². The number of Topliss-reactive ketones (excluding diaryl/α,β-unsaturated/α-hetero) is 1. The molecule has 192 valence electrons. The number of fused-ring (bicyclic) bond motifs is 2. The van der Waals surface area contributed by atoms with Crippen molar-refractivity contribution in [2.75, 3.05) is 11.5 Å². The Morgan fingerprint density at radius 1 is 0.917 bits per heavy atom. The molecule has 0 aliphatic carbocycles. The molecule has 7 heteroatoms. The van der Waals surface area contributed by atoms with Crippen LogP contribution in [-0.4, -0.2) is 28.8 Å². The Labute approximate surface area is 214 Å². The van der Waals surface area contributed by atoms with Gasteiger partial charge in [-0.15, -0.1) is 0 Å². The number of benzene rings is 2. The zero-order chi connectivity index (χ0) is 26.0. The van der Waals surface area contributed by atoms with Gasteiger partial charge >= 0.3 is 7.60 Å². The Kier molecular flexibility index (Phi) is 10.5. The van der Waals surface area contributed by atoms with Crippen molar-refractivity contribution in [1.82, 2.24) is 0 Å². The lowest BCUT2D eigenvalue weighted by atomic mass is 10.0. The number of amides is 1. The topological polar surface area (TPSA) is 83.9 Å². The van der Waals surface area contributed by atoms with Crippen LogP contribution < -0.4 is 4.90 Å². The van der Waals surface area contributed by atoms with Crippen LogP contribution in [0.25, 0.3) is 0 Å². The predicted octanol–water partition coefficient (Wildman–Crippen LogP) is 6.23. The second-order valence-electron chi connectivity index (χ2n) is 9.45. The van der Waals surface area contributed by atoms with Crippen molar-refractivity contribution in [3.8, 4) is 11.8 Å². The molecule has 6 nitrogen and oxygen atoms in total. The highest BCUT2D eigenvalue weighted by Gasteiger charge is 2.24. The smallest absolute Gasteiger partial charge is 0.324 e. The fourth-order valence-electron chi connectivity index (χ4n) is 4.01. The van der Waals surface area contributed by atoms with E-state index >= 15 is 0 Å². The molecule has 0 saturated carbocycles. The van der Waals surface area contributed by atoms with Gasteiger partial charge in [-0.3, -0.25) is 14.2 Å². The molecule has 0 aromatic heterocycles. The number of hydrogen-bond donors (Lipinski definition) is 1. The molecular formula is C29H36NO5P. The van der Waals surface area contributed by atoms with Crippen molar-refractivity contribution in [1.29, 1.82) is 0 Å². The standard InChI is InChI=1S/C29H36NO5P/c1-23(2)36(33,34)35-21-11-5-3-4-6-15-27(31)19-20-29(32)30-22-26-14-8-7-12-24(26)17-18-25-13-9-10-16-28(25)30/h7-10,12-14,16,23H,3-6,11,15,19-22H2,1-2H3,(H,33,34). The van der Waals surface area contributed by atoms with Gasteiger partial charge in [-0.2, -0.15) is 0 Å². The SMILES string of the molecule is CC(C)P(=O)(O)OCCCCCCCC(=O)CCC(=O)N1Cc2ccccc2C#Cc2ccccc21. The lowest BCUT2D eigenvalue weighted by Gasteiger charge is -2.26. The Hall–Kier alpha value is -2.71. The first-order chi connectivity index (χ1) is 17.3. The molecule has 0 radical (unpaired) electrons. The van der Waals surface area contributed by atoms with E-state index in [0.717, 1.165) is 54.5 Å². The lowest BCUT2D eigenvalue weighted by molar-refractivity contribution is -0.124. The summed E-state index contributed by atoms with van der Waals surface area (Å²) in [7, 11) is -3.49. The first-order valence-electron chi connectivity index (χ1n) is 12.8. The van der Waals surface area contributed by atoms with E-state index in [4.69, 9.17) is 4.52 Å². The second-order valence-corrected chi connectivity index (χ2v) is 11.9. The summed E-state index contributed by atoms with van der Waals surface area (Å²) in [5, 5.41) is 0. The number of para-hydroxylation sites is 1. The summed E-state index contributed by atoms with van der Waals surface area (Å²) in [6, 6.07) is 15.5. The van der Waals surface area contributed by atoms with Crippen molar-refractivity contribution in [3.05, 3.63) is 65.2 Å². The largest absolute Gasteiger partial charge is 0.330 e. The fraction of sp³-hybridized carbons (Fsp3) is 0.448. The normalized spacial score (nSPS) is 14.1. The minimum atomic E-state index is -3.49. The number of ketones is 1. The number of carbonyl (C=O) groups excluding carboxylic acids is 2. The van der Waals surface area contributed by atoms with Crippen LogP contribution >= 0.6 is 7.60 Å². The van der Waals surface area contributed by atoms with E-state index in [1.165, 1.54) is 0 Å². The van der Waals surface area contributed by atoms with E-state index < -0.39 is 13.3 Å². The van der Waals surface area contributed by atoms with Crippen LogP contribution in [-0.2, 0) is 25.2 Å². The monoisotopic (exact) mass is 509 g/mol. The molecule has 1 atom stereocenters. The predicted molar refractivity (Wildman–Crippen MR) is 143 cm³/mol. The summed E-state index contributed by atoms with van der Waals surface area (Å²) < 4.78 is 16.9. The third-order valence-electron chi connectivity index (χ3n) is 6.32. The quantitative estimate of drug-likeness (QED) is 0.197. The van der Waals surface area contributed by atoms with E-state index in [9.17, 15) is 19.0 Å². The summed E-state index contributed by atoms with van der Waals surface area (Å²) in [5.74, 6) is 6.43. The molecule has 1 aliphatic rings. The van der Waals surface area contributed by atoms with Crippen LogP contribution in [0, 0.1) is 11.8 Å². The van der Waals surface area contributed by atoms with E-state index in [0.29, 0.717) is 13.0 Å². The third-order valence-corrected chi connectivity index (χ3v) is 8.18. The molecule has 2 aromatic carbocycles. The van der Waals surface area contributed by atoms with Gasteiger partial charge < -0.3 is 14.3 Å². The maximum absolute atomic E-state index is 13.2. The minimum Gasteiger partial charge on any atom is -0.324 e. The van der Waals surface area contributed by atoms with E-state index in [-0.39, 0.29) is 31.1 Å². The highest BCUT2D eigenvalue weighted by atomic mass is 31.2. The molecule has 36 heavy (non-hydrogen) atoms. The van der Waals surface area contributed by atoms with Crippen LogP contribution in [0.5, 0.6) is 0 Å². The minimum absolute atomic E-state index is 0.0723. The molecule has 3 rings (SSSR count). The fourth-order valence-corrected chi connectivity index (χ4v) is 4.70. The molecule has 1 amide bonds. The number of unbranched alkanes of at least 4 members (excludes halogenated alkanes) is 4. The maximum Gasteiger partial charge on any atom is 0.330 e. The zero-order valence-corrected chi connectivity index (χ0v) is 22.1. The molecule has 2 aromatic rings. The van der Waals surface area contributed by atoms with Gasteiger partial charge in [0.25, 0.3) is 0 Å². The molecule has 0 bridgehead atoms. The first-order valence-corrected chi connectivity index (χ1v) is 14.4. The van der Waals surface area contributed by atoms with Crippen molar-refractivity contribution in [2.45, 2.75) is 77.4 Å². The van der Waals surface area contributed by atoms with E-state index in [2.05, 4.69) is 11.8 Å².